The minimum atomic E-state index is -0.539. The molecule has 3 heterocycles. The zero-order chi connectivity index (χ0) is 27.8. The number of rotatable bonds is 7. The molecule has 0 spiro atoms. The highest BCUT2D eigenvalue weighted by Gasteiger charge is 2.30. The first-order chi connectivity index (χ1) is 19.4. The van der Waals surface area contributed by atoms with Crippen LogP contribution in [0.2, 0.25) is 5.02 Å². The van der Waals surface area contributed by atoms with Crippen LogP contribution in [0.5, 0.6) is 5.75 Å². The van der Waals surface area contributed by atoms with Crippen molar-refractivity contribution in [3.63, 3.8) is 0 Å². The Hall–Kier alpha value is -3.53. The number of aryl methyl sites for hydroxylation is 1. The number of halogens is 2. The lowest BCUT2D eigenvalue weighted by molar-refractivity contribution is -0.121. The summed E-state index contributed by atoms with van der Waals surface area (Å²) in [4.78, 5) is 18.4. The number of fused-ring (bicyclic) bond motifs is 4. The van der Waals surface area contributed by atoms with E-state index in [2.05, 4.69) is 42.9 Å². The Morgan fingerprint density at radius 1 is 1.15 bits per heavy atom. The molecule has 0 bridgehead atoms. The Bertz CT molecular complexity index is 1760. The van der Waals surface area contributed by atoms with Crippen LogP contribution < -0.4 is 10.1 Å². The maximum Gasteiger partial charge on any atom is 0.222 e. The molecule has 1 amide bonds. The van der Waals surface area contributed by atoms with E-state index in [1.54, 1.807) is 18.4 Å². The number of aromatic nitrogens is 3. The highest BCUT2D eigenvalue weighted by atomic mass is 79.9. The Balaban J connectivity index is 1.30. The van der Waals surface area contributed by atoms with Crippen LogP contribution in [0.15, 0.2) is 75.5 Å². The van der Waals surface area contributed by atoms with Crippen molar-refractivity contribution in [1.29, 1.82) is 0 Å². The van der Waals surface area contributed by atoms with Crippen molar-refractivity contribution in [3.05, 3.63) is 104 Å². The largest absolute Gasteiger partial charge is 0.497 e. The summed E-state index contributed by atoms with van der Waals surface area (Å²) < 4.78 is 9.83. The van der Waals surface area contributed by atoms with E-state index in [4.69, 9.17) is 21.3 Å². The average Bonchev–Trinajstić information content (AvgIpc) is 3.52. The molecule has 0 saturated heterocycles. The molecule has 1 aliphatic heterocycles. The zero-order valence-corrected chi connectivity index (χ0v) is 25.0. The summed E-state index contributed by atoms with van der Waals surface area (Å²) in [6.07, 6.45) is 0.878. The van der Waals surface area contributed by atoms with Crippen molar-refractivity contribution in [3.8, 4) is 11.4 Å². The molecule has 0 aliphatic carbocycles. The second-order valence-electron chi connectivity index (χ2n) is 9.51. The molecule has 7 nitrogen and oxygen atoms in total. The number of nitrogens with one attached hydrogen (secondary N) is 1. The lowest BCUT2D eigenvalue weighted by atomic mass is 10.00. The summed E-state index contributed by atoms with van der Waals surface area (Å²) in [5.41, 5.74) is 4.59. The number of methoxy groups -OCH3 is 1. The van der Waals surface area contributed by atoms with Crippen LogP contribution in [0.4, 0.5) is 0 Å². The Morgan fingerprint density at radius 2 is 1.98 bits per heavy atom. The number of thiophene rings is 1. The summed E-state index contributed by atoms with van der Waals surface area (Å²) in [6, 6.07) is 19.0. The number of amides is 1. The quantitative estimate of drug-likeness (QED) is 0.212. The van der Waals surface area contributed by atoms with Gasteiger partial charge >= 0.3 is 0 Å². The van der Waals surface area contributed by atoms with Gasteiger partial charge < -0.3 is 10.1 Å². The lowest BCUT2D eigenvalue weighted by Crippen LogP contribution is -2.27. The Kier molecular flexibility index (Phi) is 7.44. The minimum Gasteiger partial charge on any atom is -0.497 e. The van der Waals surface area contributed by atoms with Crippen molar-refractivity contribution in [2.45, 2.75) is 25.8 Å². The molecule has 6 rings (SSSR count). The summed E-state index contributed by atoms with van der Waals surface area (Å²) >= 11 is 11.5. The van der Waals surface area contributed by atoms with E-state index in [1.807, 2.05) is 66.1 Å². The van der Waals surface area contributed by atoms with Crippen LogP contribution in [0, 0.1) is 6.92 Å². The van der Waals surface area contributed by atoms with Gasteiger partial charge in [0.25, 0.3) is 0 Å². The van der Waals surface area contributed by atoms with Gasteiger partial charge in [0.15, 0.2) is 5.82 Å². The third kappa shape index (κ3) is 5.05. The van der Waals surface area contributed by atoms with Crippen LogP contribution in [-0.4, -0.2) is 40.0 Å². The second kappa shape index (κ2) is 11.2. The van der Waals surface area contributed by atoms with E-state index in [1.165, 1.54) is 15.6 Å². The highest BCUT2D eigenvalue weighted by molar-refractivity contribution is 9.10. The molecule has 0 fully saturated rings. The van der Waals surface area contributed by atoms with Gasteiger partial charge in [0, 0.05) is 31.9 Å². The van der Waals surface area contributed by atoms with Crippen LogP contribution in [0.1, 0.15) is 40.8 Å². The van der Waals surface area contributed by atoms with Crippen LogP contribution >= 0.6 is 38.9 Å². The Morgan fingerprint density at radius 3 is 2.77 bits per heavy atom. The monoisotopic (exact) mass is 633 g/mol. The molecule has 0 saturated carbocycles. The molecule has 1 N–H and O–H groups in total. The fourth-order valence-corrected chi connectivity index (χ4v) is 6.81. The number of hydrogen-bond donors (Lipinski definition) is 1. The molecule has 40 heavy (non-hydrogen) atoms. The number of ether oxygens (including phenoxy) is 1. The van der Waals surface area contributed by atoms with Gasteiger partial charge in [0.2, 0.25) is 5.91 Å². The molecular formula is C30H25BrClN5O2S. The van der Waals surface area contributed by atoms with Crippen LogP contribution in [0.25, 0.3) is 15.8 Å². The first kappa shape index (κ1) is 26.7. The summed E-state index contributed by atoms with van der Waals surface area (Å²) in [5, 5.41) is 15.9. The lowest BCUT2D eigenvalue weighted by Gasteiger charge is -2.14. The van der Waals surface area contributed by atoms with Crippen LogP contribution in [-0.2, 0) is 11.2 Å². The molecule has 1 atom stereocenters. The molecule has 10 heteroatoms. The van der Waals surface area contributed by atoms with Gasteiger partial charge in [0.1, 0.15) is 17.6 Å². The average molecular weight is 635 g/mol. The number of hydrogen-bond acceptors (Lipinski definition) is 6. The van der Waals surface area contributed by atoms with Gasteiger partial charge in [-0.25, -0.2) is 0 Å². The minimum absolute atomic E-state index is 0.0966. The van der Waals surface area contributed by atoms with Crippen molar-refractivity contribution in [2.24, 2.45) is 4.99 Å². The Labute approximate surface area is 249 Å². The zero-order valence-electron chi connectivity index (χ0n) is 21.8. The summed E-state index contributed by atoms with van der Waals surface area (Å²) in [5.74, 6) is 1.95. The first-order valence-corrected chi connectivity index (χ1v) is 14.8. The van der Waals surface area contributed by atoms with Crippen LogP contribution in [0.3, 0.4) is 0 Å². The smallest absolute Gasteiger partial charge is 0.222 e. The molecule has 5 aromatic rings. The summed E-state index contributed by atoms with van der Waals surface area (Å²) in [7, 11) is 1.64. The third-order valence-electron chi connectivity index (χ3n) is 6.98. The standard InChI is InChI=1S/C30H25BrClN5O2S/c1-17-35-36-30-25(15-27(38)33-13-12-19-16-40-29-22(19)4-3-5-24(29)31)34-28(18-6-8-20(32)9-7-18)23-14-21(39-2)10-11-26(23)37(17)30/h3-11,14,16,25H,12-13,15H2,1-2H3,(H,33,38)/t25-/m0/s1. The topological polar surface area (TPSA) is 81.4 Å². The van der Waals surface area contributed by atoms with Crippen molar-refractivity contribution < 1.29 is 9.53 Å². The van der Waals surface area contributed by atoms with Crippen molar-refractivity contribution in [1.82, 2.24) is 20.1 Å². The van der Waals surface area contributed by atoms with E-state index >= 15 is 0 Å². The molecule has 202 valence electrons. The van der Waals surface area contributed by atoms with E-state index < -0.39 is 6.04 Å². The van der Waals surface area contributed by atoms with E-state index in [0.29, 0.717) is 23.1 Å². The number of carbonyl (C=O) groups is 1. The van der Waals surface area contributed by atoms with E-state index in [9.17, 15) is 4.79 Å². The fourth-order valence-electron chi connectivity index (χ4n) is 5.03. The SMILES string of the molecule is COc1ccc2c(c1)C(c1ccc(Cl)cc1)=N[C@@H](CC(=O)NCCc1csc3c(Br)cccc13)c1nnc(C)n1-2. The van der Waals surface area contributed by atoms with Gasteiger partial charge in [0.05, 0.1) is 24.9 Å². The number of benzene rings is 3. The molecule has 1 aliphatic rings. The fraction of sp³-hybridized carbons (Fsp3) is 0.200. The van der Waals surface area contributed by atoms with Crippen molar-refractivity contribution >= 4 is 60.6 Å². The predicted octanol–water partition coefficient (Wildman–Crippen LogP) is 6.86. The van der Waals surface area contributed by atoms with Gasteiger partial charge in [-0.2, -0.15) is 0 Å². The molecule has 3 aromatic carbocycles. The van der Waals surface area contributed by atoms with Gasteiger partial charge in [-0.1, -0.05) is 35.9 Å². The summed E-state index contributed by atoms with van der Waals surface area (Å²) in [6.45, 7) is 2.43. The van der Waals surface area contributed by atoms with Gasteiger partial charge in [-0.3, -0.25) is 14.4 Å². The molecular weight excluding hydrogens is 610 g/mol. The van der Waals surface area contributed by atoms with Gasteiger partial charge in [-0.15, -0.1) is 21.5 Å². The van der Waals surface area contributed by atoms with Gasteiger partial charge in [-0.05, 0) is 82.0 Å². The van der Waals surface area contributed by atoms with E-state index in [-0.39, 0.29) is 12.3 Å². The van der Waals surface area contributed by atoms with Crippen molar-refractivity contribution in [2.75, 3.05) is 13.7 Å². The molecule has 0 unspecified atom stereocenters. The maximum atomic E-state index is 13.3. The highest BCUT2D eigenvalue weighted by Crippen LogP contribution is 2.35. The number of aliphatic imine (C=N–C) groups is 1. The molecule has 2 aromatic heterocycles. The maximum absolute atomic E-state index is 13.3. The number of nitrogens with zero attached hydrogens (tertiary/aromatic N) is 4. The molecule has 0 radical (unpaired) electrons. The second-order valence-corrected chi connectivity index (χ2v) is 11.7. The number of carbonyl (C=O) groups excluding carboxylic acids is 1. The van der Waals surface area contributed by atoms with E-state index in [0.717, 1.165) is 39.2 Å². The predicted molar refractivity (Wildman–Crippen MR) is 163 cm³/mol. The third-order valence-corrected chi connectivity index (χ3v) is 9.23. The normalized spacial score (nSPS) is 14.3. The first-order valence-electron chi connectivity index (χ1n) is 12.8.